The number of carbonyl (C=O) groups is 1. The molecule has 136 valence electrons. The maximum atomic E-state index is 12.9. The second kappa shape index (κ2) is 7.27. The fourth-order valence-electron chi connectivity index (χ4n) is 3.83. The highest BCUT2D eigenvalue weighted by atomic mass is 32.2. The molecule has 0 radical (unpaired) electrons. The van der Waals surface area contributed by atoms with Crippen molar-refractivity contribution >= 4 is 23.4 Å². The van der Waals surface area contributed by atoms with E-state index in [1.165, 1.54) is 0 Å². The van der Waals surface area contributed by atoms with Crippen molar-refractivity contribution in [3.8, 4) is 0 Å². The molecule has 5 nitrogen and oxygen atoms in total. The van der Waals surface area contributed by atoms with Gasteiger partial charge in [-0.15, -0.1) is 0 Å². The van der Waals surface area contributed by atoms with E-state index in [9.17, 15) is 9.59 Å². The number of hydrogen-bond acceptors (Lipinski definition) is 4. The van der Waals surface area contributed by atoms with Gasteiger partial charge in [0.15, 0.2) is 5.16 Å². The molecule has 1 aliphatic carbocycles. The molecule has 2 aromatic rings. The number of anilines is 1. The van der Waals surface area contributed by atoms with Gasteiger partial charge in [0.2, 0.25) is 5.91 Å². The van der Waals surface area contributed by atoms with E-state index in [4.69, 9.17) is 4.98 Å². The number of para-hydroxylation sites is 1. The molecule has 2 aliphatic rings. The van der Waals surface area contributed by atoms with E-state index in [0.29, 0.717) is 6.42 Å². The average molecular weight is 369 g/mol. The Morgan fingerprint density at radius 3 is 2.96 bits per heavy atom. The molecule has 1 unspecified atom stereocenters. The minimum Gasteiger partial charge on any atom is -0.326 e. The summed E-state index contributed by atoms with van der Waals surface area (Å²) < 4.78 is 1.76. The van der Waals surface area contributed by atoms with Crippen molar-refractivity contribution in [2.75, 3.05) is 11.1 Å². The molecule has 1 aliphatic heterocycles. The fourth-order valence-corrected chi connectivity index (χ4v) is 4.98. The third-order valence-electron chi connectivity index (χ3n) is 5.22. The Morgan fingerprint density at radius 1 is 1.31 bits per heavy atom. The van der Waals surface area contributed by atoms with E-state index >= 15 is 0 Å². The molecule has 0 saturated heterocycles. The Morgan fingerprint density at radius 2 is 2.12 bits per heavy atom. The van der Waals surface area contributed by atoms with Crippen LogP contribution in [0.3, 0.4) is 0 Å². The minimum absolute atomic E-state index is 0.0472. The van der Waals surface area contributed by atoms with Gasteiger partial charge >= 0.3 is 0 Å². The van der Waals surface area contributed by atoms with E-state index in [2.05, 4.69) is 12.2 Å². The monoisotopic (exact) mass is 369 g/mol. The predicted octanol–water partition coefficient (Wildman–Crippen LogP) is 3.36. The van der Waals surface area contributed by atoms with Crippen LogP contribution < -0.4 is 10.9 Å². The first-order chi connectivity index (χ1) is 12.7. The summed E-state index contributed by atoms with van der Waals surface area (Å²) in [6.07, 6.45) is 5.05. The van der Waals surface area contributed by atoms with E-state index in [-0.39, 0.29) is 17.5 Å². The lowest BCUT2D eigenvalue weighted by Crippen LogP contribution is -2.32. The largest absolute Gasteiger partial charge is 0.326 e. The third kappa shape index (κ3) is 3.18. The first-order valence-electron chi connectivity index (χ1n) is 9.32. The number of thioether (sulfide) groups is 1. The highest BCUT2D eigenvalue weighted by Gasteiger charge is 2.30. The molecule has 1 aromatic carbocycles. The number of fused-ring (bicyclic) bond motifs is 2. The van der Waals surface area contributed by atoms with Crippen LogP contribution in [0.15, 0.2) is 34.2 Å². The normalized spacial score (nSPS) is 18.3. The van der Waals surface area contributed by atoms with E-state index in [1.54, 1.807) is 16.3 Å². The van der Waals surface area contributed by atoms with Gasteiger partial charge in [-0.2, -0.15) is 0 Å². The Balaban J connectivity index is 1.55. The molecule has 0 bridgehead atoms. The zero-order chi connectivity index (χ0) is 18.1. The van der Waals surface area contributed by atoms with Gasteiger partial charge in [-0.1, -0.05) is 36.9 Å². The van der Waals surface area contributed by atoms with Crippen molar-refractivity contribution in [2.24, 2.45) is 0 Å². The molecule has 1 amide bonds. The van der Waals surface area contributed by atoms with Gasteiger partial charge in [-0.05, 0) is 43.7 Å². The van der Waals surface area contributed by atoms with E-state index in [0.717, 1.165) is 65.5 Å². The number of rotatable bonds is 4. The van der Waals surface area contributed by atoms with Crippen LogP contribution in [0.25, 0.3) is 0 Å². The number of nitrogens with zero attached hydrogens (tertiary/aromatic N) is 2. The van der Waals surface area contributed by atoms with Crippen LogP contribution in [0, 0.1) is 0 Å². The Labute approximate surface area is 157 Å². The summed E-state index contributed by atoms with van der Waals surface area (Å²) in [5, 5.41) is 3.80. The number of hydrogen-bond donors (Lipinski definition) is 1. The fraction of sp³-hybridized carbons (Fsp3) is 0.450. The summed E-state index contributed by atoms with van der Waals surface area (Å²) in [6.45, 7) is 2.07. The minimum atomic E-state index is -0.115. The number of nitrogens with one attached hydrogen (secondary N) is 1. The molecule has 2 heterocycles. The molecule has 6 heteroatoms. The number of aromatic nitrogens is 2. The molecule has 1 N–H and O–H groups in total. The first-order valence-corrected chi connectivity index (χ1v) is 10.3. The van der Waals surface area contributed by atoms with Crippen LogP contribution in [0.2, 0.25) is 0 Å². The molecule has 0 saturated carbocycles. The van der Waals surface area contributed by atoms with Gasteiger partial charge in [-0.25, -0.2) is 4.98 Å². The molecule has 4 rings (SSSR count). The summed E-state index contributed by atoms with van der Waals surface area (Å²) >= 11 is 1.59. The zero-order valence-electron chi connectivity index (χ0n) is 15.0. The molecular formula is C20H23N3O2S. The number of carbonyl (C=O) groups excluding carboxylic acids is 1. The predicted molar refractivity (Wildman–Crippen MR) is 104 cm³/mol. The van der Waals surface area contributed by atoms with Crippen LogP contribution in [0.4, 0.5) is 5.69 Å². The molecule has 0 spiro atoms. The van der Waals surface area contributed by atoms with Crippen molar-refractivity contribution in [1.82, 2.24) is 9.55 Å². The third-order valence-corrected chi connectivity index (χ3v) is 6.31. The summed E-state index contributed by atoms with van der Waals surface area (Å²) in [5.74, 6) is 0.683. The summed E-state index contributed by atoms with van der Waals surface area (Å²) in [4.78, 5) is 30.2. The topological polar surface area (TPSA) is 64.0 Å². The molecular weight excluding hydrogens is 346 g/mol. The molecule has 1 atom stereocenters. The SMILES string of the molecule is CCc1ccccc1NC(=O)CC1CSc2nc3c(c(=O)n21)CCCC3. The van der Waals surface area contributed by atoms with Gasteiger partial charge in [0.1, 0.15) is 0 Å². The highest BCUT2D eigenvalue weighted by Crippen LogP contribution is 2.34. The number of aryl methyl sites for hydroxylation is 2. The standard InChI is InChI=1S/C20H23N3O2S/c1-2-13-7-3-5-9-16(13)21-18(24)11-14-12-26-20-22-17-10-6-4-8-15(17)19(25)23(14)20/h3,5,7,9,14H,2,4,6,8,10-12H2,1H3,(H,21,24). The van der Waals surface area contributed by atoms with E-state index < -0.39 is 0 Å². The molecule has 0 fully saturated rings. The smallest absolute Gasteiger partial charge is 0.257 e. The average Bonchev–Trinajstić information content (AvgIpc) is 3.05. The van der Waals surface area contributed by atoms with Crippen LogP contribution in [0.5, 0.6) is 0 Å². The molecule has 26 heavy (non-hydrogen) atoms. The second-order valence-corrected chi connectivity index (χ2v) is 7.92. The van der Waals surface area contributed by atoms with Crippen LogP contribution in [-0.2, 0) is 24.1 Å². The van der Waals surface area contributed by atoms with Gasteiger partial charge in [0, 0.05) is 23.4 Å². The summed E-state index contributed by atoms with van der Waals surface area (Å²) in [7, 11) is 0. The quantitative estimate of drug-likeness (QED) is 0.840. The maximum Gasteiger partial charge on any atom is 0.257 e. The lowest BCUT2D eigenvalue weighted by Gasteiger charge is -2.19. The Bertz CT molecular complexity index is 906. The van der Waals surface area contributed by atoms with Crippen LogP contribution in [0.1, 0.15) is 49.0 Å². The van der Waals surface area contributed by atoms with E-state index in [1.807, 2.05) is 24.3 Å². The van der Waals surface area contributed by atoms with Crippen LogP contribution in [-0.4, -0.2) is 21.2 Å². The van der Waals surface area contributed by atoms with Gasteiger partial charge in [0.05, 0.1) is 11.7 Å². The highest BCUT2D eigenvalue weighted by molar-refractivity contribution is 7.99. The lowest BCUT2D eigenvalue weighted by molar-refractivity contribution is -0.116. The van der Waals surface area contributed by atoms with Gasteiger partial charge < -0.3 is 5.32 Å². The van der Waals surface area contributed by atoms with Crippen molar-refractivity contribution in [1.29, 1.82) is 0 Å². The van der Waals surface area contributed by atoms with Crippen LogP contribution >= 0.6 is 11.8 Å². The Kier molecular flexibility index (Phi) is 4.85. The first kappa shape index (κ1) is 17.3. The van der Waals surface area contributed by atoms with Crippen molar-refractivity contribution in [2.45, 2.75) is 56.6 Å². The van der Waals surface area contributed by atoms with Crippen molar-refractivity contribution in [3.05, 3.63) is 51.4 Å². The van der Waals surface area contributed by atoms with Gasteiger partial charge in [-0.3, -0.25) is 14.2 Å². The maximum absolute atomic E-state index is 12.9. The zero-order valence-corrected chi connectivity index (χ0v) is 15.8. The number of amides is 1. The summed E-state index contributed by atoms with van der Waals surface area (Å²) in [6, 6.07) is 7.74. The second-order valence-electron chi connectivity index (χ2n) is 6.93. The van der Waals surface area contributed by atoms with Crippen molar-refractivity contribution in [3.63, 3.8) is 0 Å². The lowest BCUT2D eigenvalue weighted by atomic mass is 9.97. The van der Waals surface area contributed by atoms with Gasteiger partial charge in [0.25, 0.3) is 5.56 Å². The molecule has 1 aromatic heterocycles. The Hall–Kier alpha value is -2.08. The summed E-state index contributed by atoms with van der Waals surface area (Å²) in [5.41, 5.74) is 3.89. The number of benzene rings is 1. The van der Waals surface area contributed by atoms with Crippen molar-refractivity contribution < 1.29 is 4.79 Å².